The fourth-order valence-electron chi connectivity index (χ4n) is 1.17. The van der Waals surface area contributed by atoms with Crippen LogP contribution in [0.3, 0.4) is 0 Å². The maximum Gasteiger partial charge on any atom is 0.306 e. The second-order valence-corrected chi connectivity index (χ2v) is 3.64. The number of rotatable bonds is 3. The van der Waals surface area contributed by atoms with E-state index in [1.165, 1.54) is 24.8 Å². The zero-order valence-corrected chi connectivity index (χ0v) is 9.13. The summed E-state index contributed by atoms with van der Waals surface area (Å²) in [5, 5.41) is 13.3. The predicted octanol–water partition coefficient (Wildman–Crippen LogP) is 2.28. The molecule has 1 amide bonds. The Labute approximate surface area is 91.0 Å². The van der Waals surface area contributed by atoms with Gasteiger partial charge in [0, 0.05) is 6.92 Å². The van der Waals surface area contributed by atoms with E-state index in [1.54, 1.807) is 18.4 Å². The summed E-state index contributed by atoms with van der Waals surface area (Å²) in [6.07, 6.45) is 1.75. The zero-order chi connectivity index (χ0) is 11.4. The average Bonchev–Trinajstić information content (AvgIpc) is 2.15. The lowest BCUT2D eigenvalue weighted by Gasteiger charge is -2.05. The Morgan fingerprint density at radius 3 is 2.67 bits per heavy atom. The lowest BCUT2D eigenvalue weighted by atomic mass is 10.2. The third-order valence-electron chi connectivity index (χ3n) is 1.71. The van der Waals surface area contributed by atoms with Crippen LogP contribution in [0.4, 0.5) is 11.4 Å². The molecular weight excluding hydrogens is 216 g/mol. The van der Waals surface area contributed by atoms with Crippen LogP contribution in [0.5, 0.6) is 0 Å². The topological polar surface area (TPSA) is 72.2 Å². The van der Waals surface area contributed by atoms with Crippen molar-refractivity contribution in [1.82, 2.24) is 0 Å². The van der Waals surface area contributed by atoms with Crippen LogP contribution in [-0.4, -0.2) is 17.1 Å². The monoisotopic (exact) mass is 226 g/mol. The summed E-state index contributed by atoms with van der Waals surface area (Å²) >= 11 is 1.27. The number of nitro benzene ring substituents is 1. The molecule has 1 N–H and O–H groups in total. The predicted molar refractivity (Wildman–Crippen MR) is 59.2 cm³/mol. The van der Waals surface area contributed by atoms with E-state index in [1.807, 2.05) is 0 Å². The minimum atomic E-state index is -0.489. The maximum atomic E-state index is 10.8. The number of thioether (sulfide) groups is 1. The van der Waals surface area contributed by atoms with Crippen LogP contribution < -0.4 is 5.32 Å². The average molecular weight is 226 g/mol. The minimum Gasteiger partial charge on any atom is -0.321 e. The number of para-hydroxylation sites is 1. The molecule has 6 heteroatoms. The third kappa shape index (κ3) is 2.69. The van der Waals surface area contributed by atoms with Crippen LogP contribution in [0.15, 0.2) is 23.1 Å². The van der Waals surface area contributed by atoms with E-state index in [2.05, 4.69) is 5.32 Å². The molecule has 0 aliphatic carbocycles. The molecule has 0 aliphatic rings. The standard InChI is InChI=1S/C9H10N2O3S/c1-6(12)10-7-4-3-5-8(15-2)9(7)11(13)14/h3-5H,1-2H3,(H,10,12). The Kier molecular flexibility index (Phi) is 3.68. The van der Waals surface area contributed by atoms with Crippen LogP contribution in [0, 0.1) is 10.1 Å². The van der Waals surface area contributed by atoms with E-state index in [4.69, 9.17) is 0 Å². The summed E-state index contributed by atoms with van der Waals surface area (Å²) in [5.74, 6) is -0.323. The number of amides is 1. The summed E-state index contributed by atoms with van der Waals surface area (Å²) in [7, 11) is 0. The Balaban J connectivity index is 3.25. The van der Waals surface area contributed by atoms with Gasteiger partial charge in [-0.2, -0.15) is 0 Å². The normalized spacial score (nSPS) is 9.73. The molecule has 1 aromatic carbocycles. The number of hydrogen-bond donors (Lipinski definition) is 1. The Hall–Kier alpha value is -1.56. The molecule has 0 bridgehead atoms. The van der Waals surface area contributed by atoms with Crippen molar-refractivity contribution in [3.63, 3.8) is 0 Å². The van der Waals surface area contributed by atoms with Gasteiger partial charge >= 0.3 is 5.69 Å². The van der Waals surface area contributed by atoms with Gasteiger partial charge in [-0.25, -0.2) is 0 Å². The first kappa shape index (κ1) is 11.5. The minimum absolute atomic E-state index is 0.0554. The molecule has 0 saturated heterocycles. The third-order valence-corrected chi connectivity index (χ3v) is 2.48. The highest BCUT2D eigenvalue weighted by Gasteiger charge is 2.19. The van der Waals surface area contributed by atoms with Crippen molar-refractivity contribution in [2.24, 2.45) is 0 Å². The molecule has 15 heavy (non-hydrogen) atoms. The lowest BCUT2D eigenvalue weighted by Crippen LogP contribution is -2.08. The van der Waals surface area contributed by atoms with Crippen molar-refractivity contribution in [3.8, 4) is 0 Å². The molecule has 0 atom stereocenters. The number of hydrogen-bond acceptors (Lipinski definition) is 4. The summed E-state index contributed by atoms with van der Waals surface area (Å²) in [4.78, 5) is 21.7. The maximum absolute atomic E-state index is 10.8. The molecule has 0 aliphatic heterocycles. The van der Waals surface area contributed by atoms with Gasteiger partial charge in [0.25, 0.3) is 0 Å². The Morgan fingerprint density at radius 2 is 2.20 bits per heavy atom. The van der Waals surface area contributed by atoms with Crippen molar-refractivity contribution < 1.29 is 9.72 Å². The van der Waals surface area contributed by atoms with Crippen LogP contribution >= 0.6 is 11.8 Å². The second-order valence-electron chi connectivity index (χ2n) is 2.79. The fraction of sp³-hybridized carbons (Fsp3) is 0.222. The Bertz CT molecular complexity index is 406. The molecule has 0 fully saturated rings. The van der Waals surface area contributed by atoms with Crippen molar-refractivity contribution in [2.75, 3.05) is 11.6 Å². The van der Waals surface area contributed by atoms with Gasteiger partial charge in [0.2, 0.25) is 5.91 Å². The van der Waals surface area contributed by atoms with Crippen molar-refractivity contribution in [3.05, 3.63) is 28.3 Å². The highest BCUT2D eigenvalue weighted by Crippen LogP contribution is 2.34. The fourth-order valence-corrected chi connectivity index (χ4v) is 1.76. The number of nitro groups is 1. The van der Waals surface area contributed by atoms with Gasteiger partial charge in [-0.1, -0.05) is 6.07 Å². The number of benzene rings is 1. The molecule has 0 saturated carbocycles. The van der Waals surface area contributed by atoms with Crippen molar-refractivity contribution in [2.45, 2.75) is 11.8 Å². The molecule has 1 aromatic rings. The molecule has 80 valence electrons. The van der Waals surface area contributed by atoms with Crippen LogP contribution in [0.1, 0.15) is 6.92 Å². The van der Waals surface area contributed by atoms with E-state index < -0.39 is 4.92 Å². The van der Waals surface area contributed by atoms with E-state index >= 15 is 0 Å². The molecule has 0 unspecified atom stereocenters. The zero-order valence-electron chi connectivity index (χ0n) is 8.31. The SMILES string of the molecule is CSc1cccc(NC(C)=O)c1[N+](=O)[O-]. The van der Waals surface area contributed by atoms with Gasteiger partial charge < -0.3 is 5.32 Å². The number of nitrogens with zero attached hydrogens (tertiary/aromatic N) is 1. The quantitative estimate of drug-likeness (QED) is 0.487. The number of nitrogens with one attached hydrogen (secondary N) is 1. The van der Waals surface area contributed by atoms with Gasteiger partial charge in [0.1, 0.15) is 5.69 Å². The molecule has 0 heterocycles. The van der Waals surface area contributed by atoms with Crippen LogP contribution in [0.2, 0.25) is 0 Å². The largest absolute Gasteiger partial charge is 0.321 e. The number of carbonyl (C=O) groups is 1. The summed E-state index contributed by atoms with van der Waals surface area (Å²) in [6, 6.07) is 4.83. The van der Waals surface area contributed by atoms with Gasteiger partial charge in [-0.15, -0.1) is 11.8 Å². The van der Waals surface area contributed by atoms with Gasteiger partial charge in [-0.05, 0) is 18.4 Å². The van der Waals surface area contributed by atoms with E-state index in [0.717, 1.165) is 0 Å². The highest BCUT2D eigenvalue weighted by atomic mass is 32.2. The number of carbonyl (C=O) groups excluding carboxylic acids is 1. The molecule has 1 rings (SSSR count). The molecule has 0 aromatic heterocycles. The number of anilines is 1. The summed E-state index contributed by atoms with van der Waals surface area (Å²) in [6.45, 7) is 1.31. The van der Waals surface area contributed by atoms with Gasteiger partial charge in [-0.3, -0.25) is 14.9 Å². The molecule has 0 spiro atoms. The van der Waals surface area contributed by atoms with E-state index in [0.29, 0.717) is 4.90 Å². The molecule has 0 radical (unpaired) electrons. The summed E-state index contributed by atoms with van der Waals surface area (Å²) in [5.41, 5.74) is 0.180. The van der Waals surface area contributed by atoms with Gasteiger partial charge in [0.05, 0.1) is 9.82 Å². The Morgan fingerprint density at radius 1 is 1.53 bits per heavy atom. The first-order valence-corrected chi connectivity index (χ1v) is 5.37. The second kappa shape index (κ2) is 4.79. The first-order valence-electron chi connectivity index (χ1n) is 4.15. The van der Waals surface area contributed by atoms with Crippen molar-refractivity contribution >= 4 is 29.0 Å². The van der Waals surface area contributed by atoms with E-state index in [9.17, 15) is 14.9 Å². The van der Waals surface area contributed by atoms with Gasteiger partial charge in [0.15, 0.2) is 0 Å². The molecular formula is C9H10N2O3S. The first-order chi connectivity index (χ1) is 7.06. The molecule has 5 nitrogen and oxygen atoms in total. The van der Waals surface area contributed by atoms with Crippen LogP contribution in [0.25, 0.3) is 0 Å². The lowest BCUT2D eigenvalue weighted by molar-refractivity contribution is -0.386. The van der Waals surface area contributed by atoms with Crippen molar-refractivity contribution in [1.29, 1.82) is 0 Å². The summed E-state index contributed by atoms with van der Waals surface area (Å²) < 4.78 is 0. The van der Waals surface area contributed by atoms with Crippen LogP contribution in [-0.2, 0) is 4.79 Å². The smallest absolute Gasteiger partial charge is 0.306 e. The van der Waals surface area contributed by atoms with E-state index in [-0.39, 0.29) is 17.3 Å². The highest BCUT2D eigenvalue weighted by molar-refractivity contribution is 7.98.